The number of hydrogen-bond acceptors (Lipinski definition) is 1. The number of hydrogen-bond donors (Lipinski definition) is 0. The van der Waals surface area contributed by atoms with Gasteiger partial charge in [0.1, 0.15) is 0 Å². The van der Waals surface area contributed by atoms with Crippen molar-refractivity contribution in [3.05, 3.63) is 23.3 Å². The van der Waals surface area contributed by atoms with Gasteiger partial charge in [0.25, 0.3) is 0 Å². The first-order valence-corrected chi connectivity index (χ1v) is 4.05. The lowest BCUT2D eigenvalue weighted by atomic mass is 9.90. The first kappa shape index (κ1) is 8.07. The molecule has 0 atom stereocenters. The average molecular weight is 147 g/mol. The molecule has 0 saturated heterocycles. The van der Waals surface area contributed by atoms with Crippen molar-refractivity contribution in [2.24, 2.45) is 5.92 Å². The molecule has 0 N–H and O–H groups in total. The highest BCUT2D eigenvalue weighted by Crippen LogP contribution is 2.24. The van der Waals surface area contributed by atoms with Crippen molar-refractivity contribution in [2.75, 3.05) is 0 Å². The van der Waals surface area contributed by atoms with Crippen molar-refractivity contribution in [3.63, 3.8) is 0 Å². The van der Waals surface area contributed by atoms with E-state index >= 15 is 0 Å². The Morgan fingerprint density at radius 3 is 2.73 bits per heavy atom. The molecule has 0 aromatic rings. The molecule has 1 rings (SSSR count). The predicted molar refractivity (Wildman–Crippen MR) is 45.9 cm³/mol. The lowest BCUT2D eigenvalue weighted by Gasteiger charge is -2.14. The second-order valence-electron chi connectivity index (χ2n) is 3.15. The number of nitriles is 1. The fourth-order valence-electron chi connectivity index (χ4n) is 1.39. The molecule has 0 amide bonds. The Bertz CT molecular complexity index is 238. The second kappa shape index (κ2) is 3.39. The summed E-state index contributed by atoms with van der Waals surface area (Å²) >= 11 is 0. The molecule has 0 unspecified atom stereocenters. The lowest BCUT2D eigenvalue weighted by Crippen LogP contribution is -2.00. The van der Waals surface area contributed by atoms with Gasteiger partial charge in [-0.05, 0) is 30.4 Å². The average Bonchev–Trinajstić information content (AvgIpc) is 2.04. The maximum Gasteiger partial charge on any atom is 0.0991 e. The van der Waals surface area contributed by atoms with Gasteiger partial charge in [-0.15, -0.1) is 0 Å². The normalized spacial score (nSPS) is 17.3. The van der Waals surface area contributed by atoms with Crippen molar-refractivity contribution in [3.8, 4) is 6.07 Å². The zero-order valence-corrected chi connectivity index (χ0v) is 7.09. The zero-order chi connectivity index (χ0) is 8.27. The minimum Gasteiger partial charge on any atom is -0.192 e. The molecule has 58 valence electrons. The van der Waals surface area contributed by atoms with E-state index in [0.717, 1.165) is 18.4 Å². The topological polar surface area (TPSA) is 23.8 Å². The Morgan fingerprint density at radius 1 is 1.55 bits per heavy atom. The highest BCUT2D eigenvalue weighted by atomic mass is 14.3. The second-order valence-corrected chi connectivity index (χ2v) is 3.15. The van der Waals surface area contributed by atoms with Crippen LogP contribution in [0.15, 0.2) is 23.3 Å². The number of rotatable bonds is 1. The first-order chi connectivity index (χ1) is 5.25. The first-order valence-electron chi connectivity index (χ1n) is 4.05. The fourth-order valence-corrected chi connectivity index (χ4v) is 1.39. The number of allylic oxidation sites excluding steroid dienone is 4. The third-order valence-corrected chi connectivity index (χ3v) is 2.03. The van der Waals surface area contributed by atoms with Gasteiger partial charge in [0, 0.05) is 0 Å². The van der Waals surface area contributed by atoms with Crippen LogP contribution in [0.1, 0.15) is 26.7 Å². The summed E-state index contributed by atoms with van der Waals surface area (Å²) in [6.45, 7) is 4.29. The van der Waals surface area contributed by atoms with Crippen LogP contribution in [0.5, 0.6) is 0 Å². The molecule has 0 bridgehead atoms. The van der Waals surface area contributed by atoms with E-state index in [1.165, 1.54) is 5.57 Å². The van der Waals surface area contributed by atoms with Gasteiger partial charge in [-0.1, -0.05) is 19.9 Å². The van der Waals surface area contributed by atoms with Gasteiger partial charge < -0.3 is 0 Å². The Balaban J connectivity index is 2.94. The summed E-state index contributed by atoms with van der Waals surface area (Å²) in [5.41, 5.74) is 2.20. The molecule has 0 spiro atoms. The molecule has 1 aliphatic carbocycles. The predicted octanol–water partition coefficient (Wildman–Crippen LogP) is 2.81. The highest BCUT2D eigenvalue weighted by molar-refractivity contribution is 5.40. The van der Waals surface area contributed by atoms with Gasteiger partial charge in [0.2, 0.25) is 0 Å². The van der Waals surface area contributed by atoms with Crippen LogP contribution in [-0.2, 0) is 0 Å². The highest BCUT2D eigenvalue weighted by Gasteiger charge is 2.10. The van der Waals surface area contributed by atoms with Gasteiger partial charge >= 0.3 is 0 Å². The molecular formula is C10H13N. The van der Waals surface area contributed by atoms with E-state index in [2.05, 4.69) is 26.0 Å². The molecular weight excluding hydrogens is 134 g/mol. The molecule has 0 aromatic carbocycles. The summed E-state index contributed by atoms with van der Waals surface area (Å²) in [6, 6.07) is 2.23. The summed E-state index contributed by atoms with van der Waals surface area (Å²) in [6.07, 6.45) is 6.18. The summed E-state index contributed by atoms with van der Waals surface area (Å²) < 4.78 is 0. The van der Waals surface area contributed by atoms with Crippen molar-refractivity contribution >= 4 is 0 Å². The van der Waals surface area contributed by atoms with Crippen LogP contribution in [-0.4, -0.2) is 0 Å². The van der Waals surface area contributed by atoms with Crippen LogP contribution < -0.4 is 0 Å². The Kier molecular flexibility index (Phi) is 2.48. The van der Waals surface area contributed by atoms with E-state index in [-0.39, 0.29) is 0 Å². The van der Waals surface area contributed by atoms with Crippen LogP contribution in [0.3, 0.4) is 0 Å². The summed E-state index contributed by atoms with van der Waals surface area (Å²) in [5, 5.41) is 8.75. The Labute approximate surface area is 68.0 Å². The molecule has 1 nitrogen and oxygen atoms in total. The van der Waals surface area contributed by atoms with E-state index in [1.54, 1.807) is 0 Å². The van der Waals surface area contributed by atoms with Gasteiger partial charge in [-0.25, -0.2) is 0 Å². The molecule has 0 saturated carbocycles. The standard InChI is InChI=1S/C10H13N/c1-8(2)10-6-4-3-5-9(10)7-11/h3,5,8H,4,6H2,1-2H3. The molecule has 0 aliphatic heterocycles. The molecule has 0 aromatic heterocycles. The van der Waals surface area contributed by atoms with Crippen molar-refractivity contribution in [2.45, 2.75) is 26.7 Å². The van der Waals surface area contributed by atoms with E-state index in [0.29, 0.717) is 5.92 Å². The van der Waals surface area contributed by atoms with E-state index in [4.69, 9.17) is 5.26 Å². The van der Waals surface area contributed by atoms with Crippen LogP contribution in [0, 0.1) is 17.2 Å². The van der Waals surface area contributed by atoms with Crippen LogP contribution >= 0.6 is 0 Å². The SMILES string of the molecule is CC(C)C1=C(C#N)C=CCC1. The quantitative estimate of drug-likeness (QED) is 0.559. The van der Waals surface area contributed by atoms with Crippen molar-refractivity contribution in [1.82, 2.24) is 0 Å². The van der Waals surface area contributed by atoms with Gasteiger partial charge in [-0.3, -0.25) is 0 Å². The Morgan fingerprint density at radius 2 is 2.27 bits per heavy atom. The molecule has 0 fully saturated rings. The van der Waals surface area contributed by atoms with Gasteiger partial charge in [0.05, 0.1) is 11.6 Å². The maximum atomic E-state index is 8.75. The minimum absolute atomic E-state index is 0.523. The van der Waals surface area contributed by atoms with Gasteiger partial charge in [0.15, 0.2) is 0 Å². The molecule has 11 heavy (non-hydrogen) atoms. The molecule has 1 aliphatic rings. The van der Waals surface area contributed by atoms with Crippen molar-refractivity contribution < 1.29 is 0 Å². The summed E-state index contributed by atoms with van der Waals surface area (Å²) in [7, 11) is 0. The molecule has 0 heterocycles. The lowest BCUT2D eigenvalue weighted by molar-refractivity contribution is 0.703. The van der Waals surface area contributed by atoms with Crippen LogP contribution in [0.4, 0.5) is 0 Å². The fraction of sp³-hybridized carbons (Fsp3) is 0.500. The zero-order valence-electron chi connectivity index (χ0n) is 7.09. The smallest absolute Gasteiger partial charge is 0.0991 e. The largest absolute Gasteiger partial charge is 0.192 e. The third-order valence-electron chi connectivity index (χ3n) is 2.03. The third kappa shape index (κ3) is 1.71. The maximum absolute atomic E-state index is 8.75. The summed E-state index contributed by atoms with van der Waals surface area (Å²) in [5.74, 6) is 0.523. The van der Waals surface area contributed by atoms with Crippen LogP contribution in [0.25, 0.3) is 0 Å². The van der Waals surface area contributed by atoms with E-state index in [1.807, 2.05) is 6.08 Å². The van der Waals surface area contributed by atoms with Crippen LogP contribution in [0.2, 0.25) is 0 Å². The van der Waals surface area contributed by atoms with E-state index in [9.17, 15) is 0 Å². The van der Waals surface area contributed by atoms with Gasteiger partial charge in [-0.2, -0.15) is 5.26 Å². The molecule has 0 radical (unpaired) electrons. The van der Waals surface area contributed by atoms with E-state index < -0.39 is 0 Å². The minimum atomic E-state index is 0.523. The molecule has 1 heteroatoms. The number of nitrogens with zero attached hydrogens (tertiary/aromatic N) is 1. The van der Waals surface area contributed by atoms with Crippen molar-refractivity contribution in [1.29, 1.82) is 5.26 Å². The monoisotopic (exact) mass is 147 g/mol. The summed E-state index contributed by atoms with van der Waals surface area (Å²) in [4.78, 5) is 0. The Hall–Kier alpha value is -1.03.